The van der Waals surface area contributed by atoms with Crippen LogP contribution in [0.3, 0.4) is 0 Å². The summed E-state index contributed by atoms with van der Waals surface area (Å²) in [5.74, 6) is -2.24. The highest BCUT2D eigenvalue weighted by atomic mass is 32.2. The second kappa shape index (κ2) is 3.42. The van der Waals surface area contributed by atoms with Gasteiger partial charge in [0.25, 0.3) is 10.0 Å². The molecule has 1 rings (SSSR count). The third-order valence-electron chi connectivity index (χ3n) is 1.43. The number of nitrogens with zero attached hydrogens (tertiary/aromatic N) is 1. The van der Waals surface area contributed by atoms with E-state index in [4.69, 9.17) is 5.11 Å². The Labute approximate surface area is 86.1 Å². The molecule has 84 valence electrons. The standard InChI is InChI=1S/C6H7NO6S2/c1-14(10,11)3-4-2-5(6(8)9)15(12,13)7-4/h2H,3H2,1H3,(H,8,9). The van der Waals surface area contributed by atoms with E-state index in [-0.39, 0.29) is 5.71 Å². The van der Waals surface area contributed by atoms with Crippen LogP contribution in [0.4, 0.5) is 0 Å². The number of carbonyl (C=O) groups is 1. The molecule has 0 aromatic carbocycles. The highest BCUT2D eigenvalue weighted by Gasteiger charge is 2.31. The minimum Gasteiger partial charge on any atom is -0.477 e. The van der Waals surface area contributed by atoms with Crippen molar-refractivity contribution in [2.45, 2.75) is 0 Å². The minimum atomic E-state index is -4.22. The molecule has 1 aliphatic rings. The van der Waals surface area contributed by atoms with Crippen LogP contribution in [0.15, 0.2) is 15.4 Å². The molecule has 0 saturated carbocycles. The summed E-state index contributed by atoms with van der Waals surface area (Å²) in [5.41, 5.74) is -0.282. The first-order chi connectivity index (χ1) is 6.62. The van der Waals surface area contributed by atoms with Crippen LogP contribution in [-0.4, -0.2) is 45.6 Å². The quantitative estimate of drug-likeness (QED) is 0.673. The number of carboxylic acid groups (broad SMARTS) is 1. The van der Waals surface area contributed by atoms with Crippen molar-refractivity contribution in [1.29, 1.82) is 0 Å². The van der Waals surface area contributed by atoms with Gasteiger partial charge in [0, 0.05) is 6.26 Å². The number of hydrogen-bond acceptors (Lipinski definition) is 5. The van der Waals surface area contributed by atoms with E-state index in [1.807, 2.05) is 0 Å². The van der Waals surface area contributed by atoms with E-state index >= 15 is 0 Å². The zero-order valence-corrected chi connectivity index (χ0v) is 9.17. The molecule has 0 aromatic rings. The Hall–Kier alpha value is -1.22. The van der Waals surface area contributed by atoms with E-state index in [0.29, 0.717) is 0 Å². The Morgan fingerprint density at radius 3 is 2.40 bits per heavy atom. The van der Waals surface area contributed by atoms with Crippen molar-refractivity contribution in [2.24, 2.45) is 4.40 Å². The molecular formula is C6H7NO6S2. The van der Waals surface area contributed by atoms with E-state index in [1.165, 1.54) is 0 Å². The van der Waals surface area contributed by atoms with Crippen molar-refractivity contribution in [3.63, 3.8) is 0 Å². The molecule has 7 nitrogen and oxygen atoms in total. The third-order valence-corrected chi connectivity index (χ3v) is 3.58. The van der Waals surface area contributed by atoms with Gasteiger partial charge in [-0.05, 0) is 6.08 Å². The summed E-state index contributed by atoms with van der Waals surface area (Å²) < 4.78 is 46.8. The van der Waals surface area contributed by atoms with Crippen LogP contribution >= 0.6 is 0 Å². The van der Waals surface area contributed by atoms with Gasteiger partial charge in [-0.15, -0.1) is 0 Å². The minimum absolute atomic E-state index is 0.282. The van der Waals surface area contributed by atoms with Gasteiger partial charge in [0.1, 0.15) is 0 Å². The maximum absolute atomic E-state index is 11.1. The first-order valence-corrected chi connectivity index (χ1v) is 7.08. The van der Waals surface area contributed by atoms with Crippen LogP contribution in [0.2, 0.25) is 0 Å². The van der Waals surface area contributed by atoms with Crippen LogP contribution in [0, 0.1) is 0 Å². The van der Waals surface area contributed by atoms with E-state index in [1.54, 1.807) is 0 Å². The number of sulfone groups is 1. The molecule has 0 bridgehead atoms. The number of aliphatic carboxylic acids is 1. The fourth-order valence-corrected chi connectivity index (χ4v) is 2.76. The van der Waals surface area contributed by atoms with Crippen LogP contribution in [0.5, 0.6) is 0 Å². The van der Waals surface area contributed by atoms with Gasteiger partial charge < -0.3 is 5.11 Å². The number of hydrogen-bond donors (Lipinski definition) is 1. The Morgan fingerprint density at radius 1 is 1.53 bits per heavy atom. The Bertz CT molecular complexity index is 565. The fourth-order valence-electron chi connectivity index (χ4n) is 0.964. The summed E-state index contributed by atoms with van der Waals surface area (Å²) in [5, 5.41) is 8.49. The van der Waals surface area contributed by atoms with E-state index in [0.717, 1.165) is 12.3 Å². The second-order valence-corrected chi connectivity index (χ2v) is 6.65. The monoisotopic (exact) mass is 253 g/mol. The molecule has 1 aliphatic heterocycles. The van der Waals surface area contributed by atoms with E-state index < -0.39 is 36.5 Å². The van der Waals surface area contributed by atoms with Crippen LogP contribution in [0.1, 0.15) is 0 Å². The van der Waals surface area contributed by atoms with Gasteiger partial charge >= 0.3 is 5.97 Å². The summed E-state index contributed by atoms with van der Waals surface area (Å²) in [4.78, 5) is 9.56. The van der Waals surface area contributed by atoms with Gasteiger partial charge in [0.15, 0.2) is 14.7 Å². The van der Waals surface area contributed by atoms with Gasteiger partial charge in [-0.3, -0.25) is 0 Å². The van der Waals surface area contributed by atoms with Crippen molar-refractivity contribution < 1.29 is 26.7 Å². The van der Waals surface area contributed by atoms with E-state index in [2.05, 4.69) is 4.40 Å². The van der Waals surface area contributed by atoms with Gasteiger partial charge in [-0.25, -0.2) is 13.2 Å². The molecule has 0 aliphatic carbocycles. The van der Waals surface area contributed by atoms with Crippen molar-refractivity contribution in [3.05, 3.63) is 11.0 Å². The molecule has 1 heterocycles. The number of carboxylic acids is 1. The van der Waals surface area contributed by atoms with Crippen molar-refractivity contribution in [2.75, 3.05) is 12.0 Å². The first kappa shape index (κ1) is 11.9. The topological polar surface area (TPSA) is 118 Å². The molecule has 1 N–H and O–H groups in total. The lowest BCUT2D eigenvalue weighted by Crippen LogP contribution is -2.11. The summed E-state index contributed by atoms with van der Waals surface area (Å²) in [6.45, 7) is 0. The molecule has 0 unspecified atom stereocenters. The number of sulfonamides is 1. The first-order valence-electron chi connectivity index (χ1n) is 3.58. The second-order valence-electron chi connectivity index (χ2n) is 2.94. The lowest BCUT2D eigenvalue weighted by atomic mass is 10.4. The van der Waals surface area contributed by atoms with Gasteiger partial charge in [-0.1, -0.05) is 0 Å². The summed E-state index contributed by atoms with van der Waals surface area (Å²) in [6.07, 6.45) is 1.65. The zero-order chi connectivity index (χ0) is 11.9. The number of allylic oxidation sites excluding steroid dienone is 1. The molecule has 0 aromatic heterocycles. The lowest BCUT2D eigenvalue weighted by Gasteiger charge is -1.92. The van der Waals surface area contributed by atoms with Gasteiger partial charge in [-0.2, -0.15) is 12.8 Å². The highest BCUT2D eigenvalue weighted by molar-refractivity contribution is 7.96. The van der Waals surface area contributed by atoms with Crippen LogP contribution in [0.25, 0.3) is 0 Å². The average molecular weight is 253 g/mol. The molecule has 15 heavy (non-hydrogen) atoms. The van der Waals surface area contributed by atoms with Gasteiger partial charge in [0.2, 0.25) is 0 Å². The Morgan fingerprint density at radius 2 is 2.07 bits per heavy atom. The summed E-state index contributed by atoms with van der Waals surface area (Å²) in [7, 11) is -7.66. The molecular weight excluding hydrogens is 246 g/mol. The smallest absolute Gasteiger partial charge is 0.349 e. The van der Waals surface area contributed by atoms with Crippen molar-refractivity contribution >= 4 is 31.5 Å². The lowest BCUT2D eigenvalue weighted by molar-refractivity contribution is -0.131. The molecule has 0 saturated heterocycles. The molecule has 9 heteroatoms. The normalized spacial score (nSPS) is 19.5. The van der Waals surface area contributed by atoms with Crippen molar-refractivity contribution in [1.82, 2.24) is 0 Å². The summed E-state index contributed by atoms with van der Waals surface area (Å²) >= 11 is 0. The maximum atomic E-state index is 11.1. The molecule has 0 spiro atoms. The SMILES string of the molecule is CS(=O)(=O)CC1=NS(=O)(=O)C(C(=O)O)=C1. The molecule has 0 amide bonds. The Kier molecular flexibility index (Phi) is 2.70. The van der Waals surface area contributed by atoms with Gasteiger partial charge in [0.05, 0.1) is 11.5 Å². The Balaban J connectivity index is 3.15. The average Bonchev–Trinajstić information content (AvgIpc) is 2.20. The highest BCUT2D eigenvalue weighted by Crippen LogP contribution is 2.17. The molecule has 0 fully saturated rings. The van der Waals surface area contributed by atoms with E-state index in [9.17, 15) is 21.6 Å². The van der Waals surface area contributed by atoms with Crippen molar-refractivity contribution in [3.8, 4) is 0 Å². The third kappa shape index (κ3) is 2.86. The maximum Gasteiger partial charge on any atom is 0.349 e. The number of rotatable bonds is 3. The summed E-state index contributed by atoms with van der Waals surface area (Å²) in [6, 6.07) is 0. The zero-order valence-electron chi connectivity index (χ0n) is 7.54. The molecule has 0 atom stereocenters. The van der Waals surface area contributed by atoms with Crippen LogP contribution < -0.4 is 0 Å². The van der Waals surface area contributed by atoms with Crippen LogP contribution in [-0.2, 0) is 24.7 Å². The largest absolute Gasteiger partial charge is 0.477 e. The predicted octanol–water partition coefficient (Wildman–Crippen LogP) is -1.22. The fraction of sp³-hybridized carbons (Fsp3) is 0.333. The predicted molar refractivity (Wildman–Crippen MR) is 51.8 cm³/mol. The molecule has 0 radical (unpaired) electrons.